The van der Waals surface area contributed by atoms with E-state index in [1.54, 1.807) is 30.9 Å². The van der Waals surface area contributed by atoms with Crippen LogP contribution in [0.4, 0.5) is 0 Å². The fourth-order valence-electron chi connectivity index (χ4n) is 0.963. The average Bonchev–Trinajstić information content (AvgIpc) is 2.47. The number of aliphatic hydroxyl groups is 1. The number of aldehydes is 1. The first-order chi connectivity index (χ1) is 6.01. The lowest BCUT2D eigenvalue weighted by Gasteiger charge is -2.16. The molecule has 0 aromatic carbocycles. The highest BCUT2D eigenvalue weighted by molar-refractivity contribution is 5.70. The van der Waals surface area contributed by atoms with Gasteiger partial charge in [0.2, 0.25) is 0 Å². The molecule has 0 aliphatic heterocycles. The van der Waals surface area contributed by atoms with E-state index in [4.69, 9.17) is 0 Å². The molecule has 0 radical (unpaired) electrons. The van der Waals surface area contributed by atoms with Crippen LogP contribution in [0.5, 0.6) is 0 Å². The van der Waals surface area contributed by atoms with Crippen molar-refractivity contribution in [2.45, 2.75) is 32.4 Å². The first kappa shape index (κ1) is 9.92. The van der Waals surface area contributed by atoms with Gasteiger partial charge in [-0.1, -0.05) is 0 Å². The summed E-state index contributed by atoms with van der Waals surface area (Å²) in [6.45, 7) is 4.18. The van der Waals surface area contributed by atoms with E-state index in [-0.39, 0.29) is 0 Å². The van der Waals surface area contributed by atoms with E-state index in [9.17, 15) is 9.90 Å². The molecule has 0 unspecified atom stereocenters. The van der Waals surface area contributed by atoms with Crippen molar-refractivity contribution in [3.63, 3.8) is 0 Å². The predicted molar refractivity (Wildman–Crippen MR) is 48.5 cm³/mol. The van der Waals surface area contributed by atoms with Crippen LogP contribution in [-0.4, -0.2) is 26.5 Å². The molecule has 1 heterocycles. The van der Waals surface area contributed by atoms with Crippen molar-refractivity contribution >= 4 is 6.29 Å². The molecule has 1 rings (SSSR count). The van der Waals surface area contributed by atoms with Crippen LogP contribution in [0.25, 0.3) is 0 Å². The summed E-state index contributed by atoms with van der Waals surface area (Å²) in [6.07, 6.45) is 4.61. The van der Waals surface area contributed by atoms with E-state index >= 15 is 0 Å². The number of aryl methyl sites for hydroxylation is 1. The average molecular weight is 182 g/mol. The van der Waals surface area contributed by atoms with Crippen LogP contribution in [0.15, 0.2) is 12.5 Å². The van der Waals surface area contributed by atoms with Crippen molar-refractivity contribution in [1.82, 2.24) is 9.55 Å². The number of aromatic nitrogens is 2. The van der Waals surface area contributed by atoms with E-state index in [0.717, 1.165) is 0 Å². The normalized spacial score (nSPS) is 11.6. The minimum Gasteiger partial charge on any atom is -0.390 e. The Morgan fingerprint density at radius 3 is 2.85 bits per heavy atom. The van der Waals surface area contributed by atoms with Gasteiger partial charge in [0, 0.05) is 12.7 Å². The second kappa shape index (κ2) is 3.70. The zero-order valence-electron chi connectivity index (χ0n) is 7.90. The van der Waals surface area contributed by atoms with Gasteiger partial charge in [-0.25, -0.2) is 4.98 Å². The first-order valence-electron chi connectivity index (χ1n) is 4.20. The van der Waals surface area contributed by atoms with Crippen LogP contribution in [0, 0.1) is 0 Å². The van der Waals surface area contributed by atoms with E-state index < -0.39 is 5.60 Å². The van der Waals surface area contributed by atoms with Crippen molar-refractivity contribution < 1.29 is 9.90 Å². The Morgan fingerprint density at radius 1 is 1.69 bits per heavy atom. The molecular formula is C9H14N2O2. The zero-order chi connectivity index (χ0) is 9.90. The molecule has 0 fully saturated rings. The van der Waals surface area contributed by atoms with Gasteiger partial charge in [-0.3, -0.25) is 4.79 Å². The maximum atomic E-state index is 10.3. The Morgan fingerprint density at radius 2 is 2.38 bits per heavy atom. The lowest BCUT2D eigenvalue weighted by Crippen LogP contribution is -2.20. The molecule has 0 atom stereocenters. The quantitative estimate of drug-likeness (QED) is 0.702. The minimum absolute atomic E-state index is 0.427. The molecule has 1 N–H and O–H groups in total. The second-order valence-corrected chi connectivity index (χ2v) is 3.72. The molecule has 1 aromatic rings. The summed E-state index contributed by atoms with van der Waals surface area (Å²) in [6, 6.07) is 0. The molecule has 0 aliphatic rings. The van der Waals surface area contributed by atoms with Gasteiger partial charge >= 0.3 is 0 Å². The van der Waals surface area contributed by atoms with Gasteiger partial charge in [0.05, 0.1) is 11.9 Å². The number of hydrogen-bond acceptors (Lipinski definition) is 3. The fourth-order valence-corrected chi connectivity index (χ4v) is 0.963. The topological polar surface area (TPSA) is 55.1 Å². The summed E-state index contributed by atoms with van der Waals surface area (Å²) < 4.78 is 1.79. The van der Waals surface area contributed by atoms with Gasteiger partial charge in [0.1, 0.15) is 5.69 Å². The first-order valence-corrected chi connectivity index (χ1v) is 4.20. The van der Waals surface area contributed by atoms with E-state index in [0.29, 0.717) is 24.9 Å². The Labute approximate surface area is 77.2 Å². The molecule has 0 saturated heterocycles. The lowest BCUT2D eigenvalue weighted by molar-refractivity contribution is 0.0662. The molecule has 0 bridgehead atoms. The summed E-state index contributed by atoms with van der Waals surface area (Å²) in [5, 5.41) is 9.44. The third-order valence-corrected chi connectivity index (χ3v) is 1.76. The number of imidazole rings is 1. The fraction of sp³-hybridized carbons (Fsp3) is 0.556. The smallest absolute Gasteiger partial charge is 0.169 e. The van der Waals surface area contributed by atoms with Crippen molar-refractivity contribution in [3.8, 4) is 0 Å². The summed E-state index contributed by atoms with van der Waals surface area (Å²) in [4.78, 5) is 14.1. The molecule has 0 amide bonds. The van der Waals surface area contributed by atoms with Crippen LogP contribution < -0.4 is 0 Å². The van der Waals surface area contributed by atoms with Crippen LogP contribution in [-0.2, 0) is 6.54 Å². The van der Waals surface area contributed by atoms with Crippen molar-refractivity contribution in [2.24, 2.45) is 0 Å². The highest BCUT2D eigenvalue weighted by Gasteiger charge is 2.11. The van der Waals surface area contributed by atoms with Gasteiger partial charge in [-0.15, -0.1) is 0 Å². The molecule has 0 spiro atoms. The third-order valence-electron chi connectivity index (χ3n) is 1.76. The van der Waals surface area contributed by atoms with Crippen LogP contribution in [0.2, 0.25) is 0 Å². The number of hydrogen-bond donors (Lipinski definition) is 1. The number of carbonyl (C=O) groups excluding carboxylic acids is 1. The summed E-state index contributed by atoms with van der Waals surface area (Å²) in [7, 11) is 0. The van der Waals surface area contributed by atoms with E-state index in [1.807, 2.05) is 0 Å². The monoisotopic (exact) mass is 182 g/mol. The summed E-state index contributed by atoms with van der Waals surface area (Å²) in [5.41, 5.74) is -0.248. The molecule has 4 heteroatoms. The maximum Gasteiger partial charge on any atom is 0.169 e. The van der Waals surface area contributed by atoms with Crippen LogP contribution >= 0.6 is 0 Å². The number of carbonyl (C=O) groups is 1. The number of nitrogens with zero attached hydrogens (tertiary/aromatic N) is 2. The summed E-state index contributed by atoms with van der Waals surface area (Å²) in [5.74, 6) is 0. The Bertz CT molecular complexity index is 286. The predicted octanol–water partition coefficient (Wildman–Crippen LogP) is 0.857. The van der Waals surface area contributed by atoms with E-state index in [2.05, 4.69) is 4.98 Å². The van der Waals surface area contributed by atoms with Gasteiger partial charge in [-0.2, -0.15) is 0 Å². The van der Waals surface area contributed by atoms with Crippen molar-refractivity contribution in [1.29, 1.82) is 0 Å². The highest BCUT2D eigenvalue weighted by Crippen LogP contribution is 2.08. The zero-order valence-corrected chi connectivity index (χ0v) is 7.90. The van der Waals surface area contributed by atoms with Crippen molar-refractivity contribution in [3.05, 3.63) is 18.2 Å². The van der Waals surface area contributed by atoms with E-state index in [1.165, 1.54) is 0 Å². The Kier molecular flexibility index (Phi) is 2.83. The van der Waals surface area contributed by atoms with Gasteiger partial charge in [0.15, 0.2) is 6.29 Å². The summed E-state index contributed by atoms with van der Waals surface area (Å²) >= 11 is 0. The molecule has 4 nitrogen and oxygen atoms in total. The SMILES string of the molecule is CC(C)(O)CCn1cnc(C=O)c1. The molecule has 13 heavy (non-hydrogen) atoms. The van der Waals surface area contributed by atoms with Gasteiger partial charge in [-0.05, 0) is 20.3 Å². The third kappa shape index (κ3) is 3.38. The molecule has 0 aliphatic carbocycles. The number of rotatable bonds is 4. The molecule has 1 aromatic heterocycles. The highest BCUT2D eigenvalue weighted by atomic mass is 16.3. The molecule has 0 saturated carbocycles. The lowest BCUT2D eigenvalue weighted by atomic mass is 10.1. The second-order valence-electron chi connectivity index (χ2n) is 3.72. The molecular weight excluding hydrogens is 168 g/mol. The molecule has 72 valence electrons. The maximum absolute atomic E-state index is 10.3. The minimum atomic E-state index is -0.675. The van der Waals surface area contributed by atoms with Crippen LogP contribution in [0.1, 0.15) is 30.8 Å². The Balaban J connectivity index is 2.50. The largest absolute Gasteiger partial charge is 0.390 e. The standard InChI is InChI=1S/C9H14N2O2/c1-9(2,13)3-4-11-5-8(6-12)10-7-11/h5-7,13H,3-4H2,1-2H3. The van der Waals surface area contributed by atoms with Crippen molar-refractivity contribution in [2.75, 3.05) is 0 Å². The van der Waals surface area contributed by atoms with Gasteiger partial charge in [0.25, 0.3) is 0 Å². The van der Waals surface area contributed by atoms with Gasteiger partial charge < -0.3 is 9.67 Å². The Hall–Kier alpha value is -1.16. The van der Waals surface area contributed by atoms with Crippen LogP contribution in [0.3, 0.4) is 0 Å².